The minimum atomic E-state index is -4.05. The van der Waals surface area contributed by atoms with Crippen LogP contribution >= 0.6 is 11.8 Å². The normalized spacial score (nSPS) is 16.1. The molecule has 0 aromatic heterocycles. The van der Waals surface area contributed by atoms with Gasteiger partial charge in [0.25, 0.3) is 5.91 Å². The van der Waals surface area contributed by atoms with Crippen LogP contribution in [0.3, 0.4) is 0 Å². The van der Waals surface area contributed by atoms with Gasteiger partial charge in [0.1, 0.15) is 22.7 Å². The highest BCUT2D eigenvalue weighted by Gasteiger charge is 2.42. The lowest BCUT2D eigenvalue weighted by Gasteiger charge is -2.37. The van der Waals surface area contributed by atoms with Crippen LogP contribution in [0.5, 0.6) is 5.75 Å². The number of para-hydroxylation sites is 1. The van der Waals surface area contributed by atoms with Crippen molar-refractivity contribution in [2.24, 2.45) is 5.41 Å². The molecule has 1 heterocycles. The SMILES string of the molecule is CCCCC1(CCCC)CN(c2ccccc2)c2cc(SC)c(OCC(=O)N[C@@H](C(=O)N[C@@H](CC(C)(C)C)C(=O)O)c3ccccc3)cc2S(=O)(=O)N1. The van der Waals surface area contributed by atoms with Gasteiger partial charge < -0.3 is 25.4 Å². The summed E-state index contributed by atoms with van der Waals surface area (Å²) in [7, 11) is -4.05. The summed E-state index contributed by atoms with van der Waals surface area (Å²) in [6.45, 7) is 9.75. The Kier molecular flexibility index (Phi) is 14.4. The van der Waals surface area contributed by atoms with Gasteiger partial charge in [-0.25, -0.2) is 17.9 Å². The zero-order valence-electron chi connectivity index (χ0n) is 31.6. The highest BCUT2D eigenvalue weighted by atomic mass is 32.2. The van der Waals surface area contributed by atoms with E-state index in [1.54, 1.807) is 36.4 Å². The molecule has 53 heavy (non-hydrogen) atoms. The minimum Gasteiger partial charge on any atom is -0.483 e. The molecule has 1 aliphatic heterocycles. The average molecular weight is 767 g/mol. The van der Waals surface area contributed by atoms with Gasteiger partial charge in [0, 0.05) is 18.3 Å². The molecule has 4 rings (SSSR count). The van der Waals surface area contributed by atoms with Gasteiger partial charge in [-0.15, -0.1) is 11.8 Å². The van der Waals surface area contributed by atoms with Crippen LogP contribution in [0.2, 0.25) is 0 Å². The van der Waals surface area contributed by atoms with Crippen molar-refractivity contribution in [3.05, 3.63) is 78.4 Å². The monoisotopic (exact) mass is 766 g/mol. The van der Waals surface area contributed by atoms with Crippen molar-refractivity contribution in [2.75, 3.05) is 24.3 Å². The number of hydrogen-bond donors (Lipinski definition) is 4. The molecule has 11 nitrogen and oxygen atoms in total. The third-order valence-electron chi connectivity index (χ3n) is 9.21. The van der Waals surface area contributed by atoms with Crippen LogP contribution in [0.1, 0.15) is 91.2 Å². The number of benzene rings is 3. The molecule has 0 saturated carbocycles. The summed E-state index contributed by atoms with van der Waals surface area (Å²) in [5, 5.41) is 15.1. The first-order chi connectivity index (χ1) is 25.1. The highest BCUT2D eigenvalue weighted by molar-refractivity contribution is 7.98. The Hall–Kier alpha value is -4.07. The molecule has 2 atom stereocenters. The molecule has 2 amide bonds. The van der Waals surface area contributed by atoms with E-state index >= 15 is 0 Å². The molecule has 0 unspecified atom stereocenters. The maximum atomic E-state index is 14.3. The second-order valence-electron chi connectivity index (χ2n) is 14.8. The van der Waals surface area contributed by atoms with E-state index in [1.165, 1.54) is 17.8 Å². The maximum absolute atomic E-state index is 14.3. The summed E-state index contributed by atoms with van der Waals surface area (Å²) in [5.41, 5.74) is 0.749. The van der Waals surface area contributed by atoms with Gasteiger partial charge in [0.05, 0.1) is 16.1 Å². The Morgan fingerprint density at radius 2 is 1.57 bits per heavy atom. The number of carbonyl (C=O) groups excluding carboxylic acids is 2. The van der Waals surface area contributed by atoms with Crippen LogP contribution in [0.25, 0.3) is 0 Å². The molecule has 3 aromatic carbocycles. The Labute approximate surface area is 318 Å². The number of carboxylic acids is 1. The first-order valence-electron chi connectivity index (χ1n) is 18.2. The number of carbonyl (C=O) groups is 3. The topological polar surface area (TPSA) is 154 Å². The summed E-state index contributed by atoms with van der Waals surface area (Å²) in [6.07, 6.45) is 6.96. The van der Waals surface area contributed by atoms with Crippen molar-refractivity contribution in [2.45, 2.75) is 107 Å². The summed E-state index contributed by atoms with van der Waals surface area (Å²) in [6, 6.07) is 19.2. The average Bonchev–Trinajstić information content (AvgIpc) is 3.21. The van der Waals surface area contributed by atoms with Crippen LogP contribution in [0.4, 0.5) is 11.4 Å². The molecule has 3 aromatic rings. The third kappa shape index (κ3) is 11.2. The molecular weight excluding hydrogens is 713 g/mol. The van der Waals surface area contributed by atoms with E-state index in [0.29, 0.717) is 35.5 Å². The van der Waals surface area contributed by atoms with E-state index in [1.807, 2.05) is 57.4 Å². The molecular formula is C40H54N4O7S2. The third-order valence-corrected chi connectivity index (χ3v) is 11.6. The van der Waals surface area contributed by atoms with Crippen LogP contribution in [0.15, 0.2) is 82.6 Å². The summed E-state index contributed by atoms with van der Waals surface area (Å²) in [4.78, 5) is 41.8. The van der Waals surface area contributed by atoms with Crippen LogP contribution in [-0.4, -0.2) is 62.3 Å². The maximum Gasteiger partial charge on any atom is 0.326 e. The van der Waals surface area contributed by atoms with Crippen LogP contribution < -0.4 is 25.0 Å². The van der Waals surface area contributed by atoms with Crippen LogP contribution in [-0.2, 0) is 24.4 Å². The fraction of sp³-hybridized carbons (Fsp3) is 0.475. The molecule has 1 aliphatic rings. The van der Waals surface area contributed by atoms with E-state index < -0.39 is 52.0 Å². The summed E-state index contributed by atoms with van der Waals surface area (Å²) in [5.74, 6) is -2.30. The molecule has 4 N–H and O–H groups in total. The quantitative estimate of drug-likeness (QED) is 0.105. The van der Waals surface area contributed by atoms with Gasteiger partial charge in [-0.05, 0) is 54.7 Å². The number of rotatable bonds is 17. The van der Waals surface area contributed by atoms with E-state index in [2.05, 4.69) is 34.1 Å². The molecule has 0 spiro atoms. The number of ether oxygens (including phenoxy) is 1. The highest BCUT2D eigenvalue weighted by Crippen LogP contribution is 2.44. The molecule has 288 valence electrons. The number of aliphatic carboxylic acids is 1. The fourth-order valence-corrected chi connectivity index (χ4v) is 8.81. The van der Waals surface area contributed by atoms with Gasteiger partial charge in [0.15, 0.2) is 6.61 Å². The first kappa shape index (κ1) is 41.7. The van der Waals surface area contributed by atoms with Crippen molar-refractivity contribution < 1.29 is 32.6 Å². The number of hydrogen-bond acceptors (Lipinski definition) is 8. The predicted molar refractivity (Wildman–Crippen MR) is 210 cm³/mol. The first-order valence-corrected chi connectivity index (χ1v) is 20.9. The van der Waals surface area contributed by atoms with Crippen LogP contribution in [0, 0.1) is 5.41 Å². The lowest BCUT2D eigenvalue weighted by atomic mass is 9.87. The fourth-order valence-electron chi connectivity index (χ4n) is 6.60. The minimum absolute atomic E-state index is 0.0459. The number of sulfonamides is 1. The zero-order valence-corrected chi connectivity index (χ0v) is 33.2. The number of anilines is 2. The van der Waals surface area contributed by atoms with Gasteiger partial charge in [-0.3, -0.25) is 9.59 Å². The Morgan fingerprint density at radius 3 is 2.11 bits per heavy atom. The van der Waals surface area contributed by atoms with Crippen molar-refractivity contribution in [1.29, 1.82) is 0 Å². The van der Waals surface area contributed by atoms with Gasteiger partial charge in [-0.1, -0.05) is 109 Å². The summed E-state index contributed by atoms with van der Waals surface area (Å²) >= 11 is 1.36. The Balaban J connectivity index is 1.67. The number of fused-ring (bicyclic) bond motifs is 1. The number of nitrogens with one attached hydrogen (secondary N) is 3. The number of carboxylic acid groups (broad SMARTS) is 1. The van der Waals surface area contributed by atoms with Gasteiger partial charge in [-0.2, -0.15) is 0 Å². The second kappa shape index (κ2) is 18.3. The zero-order chi connectivity index (χ0) is 38.8. The lowest BCUT2D eigenvalue weighted by Crippen LogP contribution is -2.53. The van der Waals surface area contributed by atoms with Crippen molar-refractivity contribution >= 4 is 50.9 Å². The van der Waals surface area contributed by atoms with E-state index in [-0.39, 0.29) is 22.5 Å². The summed E-state index contributed by atoms with van der Waals surface area (Å²) < 4.78 is 37.8. The Morgan fingerprint density at radius 1 is 0.962 bits per heavy atom. The molecule has 0 saturated heterocycles. The van der Waals surface area contributed by atoms with E-state index in [0.717, 1.165) is 31.4 Å². The van der Waals surface area contributed by atoms with Crippen molar-refractivity contribution in [3.63, 3.8) is 0 Å². The van der Waals surface area contributed by atoms with Crippen molar-refractivity contribution in [1.82, 2.24) is 15.4 Å². The molecule has 0 aliphatic carbocycles. The number of unbranched alkanes of at least 4 members (excludes halogenated alkanes) is 2. The predicted octanol–water partition coefficient (Wildman–Crippen LogP) is 7.20. The molecule has 13 heteroatoms. The molecule has 0 radical (unpaired) electrons. The number of thioether (sulfide) groups is 1. The molecule has 0 bridgehead atoms. The Bertz CT molecular complexity index is 1810. The number of amides is 2. The second-order valence-corrected chi connectivity index (χ2v) is 17.3. The van der Waals surface area contributed by atoms with E-state index in [9.17, 15) is 27.9 Å². The molecule has 0 fully saturated rings. The number of nitrogens with zero attached hydrogens (tertiary/aromatic N) is 1. The lowest BCUT2D eigenvalue weighted by molar-refractivity contribution is -0.143. The largest absolute Gasteiger partial charge is 0.483 e. The van der Waals surface area contributed by atoms with E-state index in [4.69, 9.17) is 4.74 Å². The van der Waals surface area contributed by atoms with Gasteiger partial charge in [0.2, 0.25) is 15.9 Å². The van der Waals surface area contributed by atoms with Crippen molar-refractivity contribution in [3.8, 4) is 5.75 Å². The smallest absolute Gasteiger partial charge is 0.326 e. The van der Waals surface area contributed by atoms with Gasteiger partial charge >= 0.3 is 5.97 Å². The standard InChI is InChI=1S/C40H54N4O7S2/c1-7-9-21-40(22-10-8-2)27-44(29-19-15-12-16-20-29)31-23-33(52-6)32(24-34(31)53(49,50)43-40)51-26-35(45)42-36(28-17-13-11-14-18-28)37(46)41-30(38(47)48)25-39(3,4)5/h11-20,23-24,30,36,43H,7-10,21-22,25-27H2,1-6H3,(H,41,46)(H,42,45)(H,47,48)/t30-,36+/m0/s1.